The molecule has 0 saturated carbocycles. The number of hydrogen-bond donors (Lipinski definition) is 2. The maximum Gasteiger partial charge on any atom is 0.238 e. The van der Waals surface area contributed by atoms with Crippen LogP contribution in [0.3, 0.4) is 0 Å². The molecule has 0 bridgehead atoms. The lowest BCUT2D eigenvalue weighted by Crippen LogP contribution is -2.12. The lowest BCUT2D eigenvalue weighted by molar-refractivity contribution is 0.284. The fourth-order valence-electron chi connectivity index (χ4n) is 2.87. The number of sulfonamides is 1. The number of rotatable bonds is 8. The standard InChI is InChI=1S/C22H24N2O4S/c1-16-4-3-5-18(12-16)15-28-21-11-6-17(13-22(21)27-2)14-24-19-7-9-20(10-8-19)29(23,25)26/h3-13,24H,14-15H2,1-2H3,(H2,23,25,26). The molecule has 0 aliphatic rings. The molecule has 7 heteroatoms. The van der Waals surface area contributed by atoms with E-state index in [9.17, 15) is 8.42 Å². The monoisotopic (exact) mass is 412 g/mol. The summed E-state index contributed by atoms with van der Waals surface area (Å²) in [5.74, 6) is 1.33. The van der Waals surface area contributed by atoms with Gasteiger partial charge in [-0.05, 0) is 54.4 Å². The Morgan fingerprint density at radius 2 is 1.69 bits per heavy atom. The van der Waals surface area contributed by atoms with Crippen LogP contribution < -0.4 is 19.9 Å². The van der Waals surface area contributed by atoms with Gasteiger partial charge >= 0.3 is 0 Å². The van der Waals surface area contributed by atoms with Crippen molar-refractivity contribution < 1.29 is 17.9 Å². The lowest BCUT2D eigenvalue weighted by atomic mass is 10.1. The maximum absolute atomic E-state index is 11.3. The van der Waals surface area contributed by atoms with Crippen LogP contribution in [0.2, 0.25) is 0 Å². The molecule has 3 aromatic carbocycles. The van der Waals surface area contributed by atoms with E-state index in [0.717, 1.165) is 16.8 Å². The Morgan fingerprint density at radius 1 is 0.931 bits per heavy atom. The van der Waals surface area contributed by atoms with Crippen LogP contribution in [-0.2, 0) is 23.2 Å². The average Bonchev–Trinajstić information content (AvgIpc) is 2.70. The van der Waals surface area contributed by atoms with Gasteiger partial charge in [-0.3, -0.25) is 0 Å². The third kappa shape index (κ3) is 5.73. The van der Waals surface area contributed by atoms with E-state index < -0.39 is 10.0 Å². The van der Waals surface area contributed by atoms with Crippen LogP contribution in [0.4, 0.5) is 5.69 Å². The van der Waals surface area contributed by atoms with E-state index in [4.69, 9.17) is 14.6 Å². The molecule has 0 amide bonds. The molecule has 6 nitrogen and oxygen atoms in total. The molecule has 0 aromatic heterocycles. The van der Waals surface area contributed by atoms with Crippen molar-refractivity contribution in [3.63, 3.8) is 0 Å². The number of benzene rings is 3. The first kappa shape index (κ1) is 20.7. The second kappa shape index (κ2) is 8.98. The number of anilines is 1. The van der Waals surface area contributed by atoms with Gasteiger partial charge in [0, 0.05) is 12.2 Å². The molecule has 0 aliphatic carbocycles. The van der Waals surface area contributed by atoms with Crippen LogP contribution in [0.5, 0.6) is 11.5 Å². The molecular weight excluding hydrogens is 388 g/mol. The molecule has 0 heterocycles. The van der Waals surface area contributed by atoms with Crippen molar-refractivity contribution in [2.75, 3.05) is 12.4 Å². The van der Waals surface area contributed by atoms with Crippen LogP contribution in [0.15, 0.2) is 71.6 Å². The van der Waals surface area contributed by atoms with Crippen molar-refractivity contribution in [2.24, 2.45) is 5.14 Å². The summed E-state index contributed by atoms with van der Waals surface area (Å²) < 4.78 is 34.0. The summed E-state index contributed by atoms with van der Waals surface area (Å²) in [6, 6.07) is 20.2. The highest BCUT2D eigenvalue weighted by molar-refractivity contribution is 7.89. The zero-order valence-corrected chi connectivity index (χ0v) is 17.2. The topological polar surface area (TPSA) is 90.6 Å². The molecule has 3 aromatic rings. The summed E-state index contributed by atoms with van der Waals surface area (Å²) in [6.07, 6.45) is 0. The lowest BCUT2D eigenvalue weighted by Gasteiger charge is -2.13. The van der Waals surface area contributed by atoms with Gasteiger partial charge in [-0.1, -0.05) is 35.9 Å². The van der Waals surface area contributed by atoms with Crippen LogP contribution in [0.25, 0.3) is 0 Å². The van der Waals surface area contributed by atoms with Crippen molar-refractivity contribution >= 4 is 15.7 Å². The van der Waals surface area contributed by atoms with Crippen molar-refractivity contribution in [2.45, 2.75) is 25.0 Å². The predicted octanol–water partition coefficient (Wildman–Crippen LogP) is 3.84. The summed E-state index contributed by atoms with van der Waals surface area (Å²) >= 11 is 0. The third-order valence-corrected chi connectivity index (χ3v) is 5.31. The summed E-state index contributed by atoms with van der Waals surface area (Å²) in [5, 5.41) is 8.36. The van der Waals surface area contributed by atoms with E-state index in [1.807, 2.05) is 43.3 Å². The van der Waals surface area contributed by atoms with Gasteiger partial charge in [-0.25, -0.2) is 13.6 Å². The van der Waals surface area contributed by atoms with Crippen LogP contribution >= 0.6 is 0 Å². The van der Waals surface area contributed by atoms with Gasteiger partial charge in [0.05, 0.1) is 12.0 Å². The molecule has 3 N–H and O–H groups in total. The highest BCUT2D eigenvalue weighted by Crippen LogP contribution is 2.29. The highest BCUT2D eigenvalue weighted by atomic mass is 32.2. The largest absolute Gasteiger partial charge is 0.493 e. The number of primary sulfonamides is 1. The van der Waals surface area contributed by atoms with Crippen LogP contribution in [0, 0.1) is 6.92 Å². The Kier molecular flexibility index (Phi) is 6.41. The Balaban J connectivity index is 1.63. The predicted molar refractivity (Wildman–Crippen MR) is 114 cm³/mol. The summed E-state index contributed by atoms with van der Waals surface area (Å²) in [6.45, 7) is 3.06. The Morgan fingerprint density at radius 3 is 2.34 bits per heavy atom. The molecule has 29 heavy (non-hydrogen) atoms. The number of hydrogen-bond acceptors (Lipinski definition) is 5. The van der Waals surface area contributed by atoms with E-state index in [-0.39, 0.29) is 4.90 Å². The van der Waals surface area contributed by atoms with E-state index >= 15 is 0 Å². The first-order valence-corrected chi connectivity index (χ1v) is 10.6. The zero-order chi connectivity index (χ0) is 20.9. The number of nitrogens with one attached hydrogen (secondary N) is 1. The highest BCUT2D eigenvalue weighted by Gasteiger charge is 2.08. The maximum atomic E-state index is 11.3. The quantitative estimate of drug-likeness (QED) is 0.587. The molecule has 0 radical (unpaired) electrons. The van der Waals surface area contributed by atoms with E-state index in [1.165, 1.54) is 17.7 Å². The number of methoxy groups -OCH3 is 1. The summed E-state index contributed by atoms with van der Waals surface area (Å²) in [4.78, 5) is 0.0832. The second-order valence-corrected chi connectivity index (χ2v) is 8.25. The molecule has 0 unspecified atom stereocenters. The van der Waals surface area contributed by atoms with Gasteiger partial charge in [0.25, 0.3) is 0 Å². The van der Waals surface area contributed by atoms with E-state index in [1.54, 1.807) is 19.2 Å². The van der Waals surface area contributed by atoms with Gasteiger partial charge in [-0.2, -0.15) is 0 Å². The fourth-order valence-corrected chi connectivity index (χ4v) is 3.39. The van der Waals surface area contributed by atoms with Crippen LogP contribution in [0.1, 0.15) is 16.7 Å². The minimum atomic E-state index is -3.69. The minimum Gasteiger partial charge on any atom is -0.493 e. The normalized spacial score (nSPS) is 11.1. The smallest absolute Gasteiger partial charge is 0.238 e. The third-order valence-electron chi connectivity index (χ3n) is 4.38. The average molecular weight is 413 g/mol. The van der Waals surface area contributed by atoms with Crippen molar-refractivity contribution in [1.29, 1.82) is 0 Å². The van der Waals surface area contributed by atoms with Crippen molar-refractivity contribution in [3.8, 4) is 11.5 Å². The fraction of sp³-hybridized carbons (Fsp3) is 0.182. The molecule has 0 saturated heterocycles. The zero-order valence-electron chi connectivity index (χ0n) is 16.4. The Hall–Kier alpha value is -3.03. The second-order valence-electron chi connectivity index (χ2n) is 6.69. The van der Waals surface area contributed by atoms with Gasteiger partial charge in [0.1, 0.15) is 6.61 Å². The number of ether oxygens (including phenoxy) is 2. The SMILES string of the molecule is COc1cc(CNc2ccc(S(N)(=O)=O)cc2)ccc1OCc1cccc(C)c1. The molecule has 152 valence electrons. The van der Waals surface area contributed by atoms with Crippen molar-refractivity contribution in [1.82, 2.24) is 0 Å². The number of aryl methyl sites for hydroxylation is 1. The van der Waals surface area contributed by atoms with Crippen LogP contribution in [-0.4, -0.2) is 15.5 Å². The van der Waals surface area contributed by atoms with E-state index in [2.05, 4.69) is 11.4 Å². The van der Waals surface area contributed by atoms with Crippen molar-refractivity contribution in [3.05, 3.63) is 83.4 Å². The minimum absolute atomic E-state index is 0.0832. The van der Waals surface area contributed by atoms with E-state index in [0.29, 0.717) is 24.7 Å². The van der Waals surface area contributed by atoms with Gasteiger partial charge in [0.2, 0.25) is 10.0 Å². The first-order valence-electron chi connectivity index (χ1n) is 9.07. The Labute approximate surface area is 171 Å². The Bertz CT molecular complexity index is 1080. The molecule has 3 rings (SSSR count). The molecule has 0 atom stereocenters. The molecule has 0 aliphatic heterocycles. The van der Waals surface area contributed by atoms with Gasteiger partial charge in [0.15, 0.2) is 11.5 Å². The molecule has 0 fully saturated rings. The molecule has 0 spiro atoms. The number of nitrogens with two attached hydrogens (primary N) is 1. The van der Waals surface area contributed by atoms with Gasteiger partial charge in [-0.15, -0.1) is 0 Å². The molecular formula is C22H24N2O4S. The first-order chi connectivity index (χ1) is 13.8. The van der Waals surface area contributed by atoms with Gasteiger partial charge < -0.3 is 14.8 Å². The summed E-state index contributed by atoms with van der Waals surface area (Å²) in [5.41, 5.74) is 4.08. The summed E-state index contributed by atoms with van der Waals surface area (Å²) in [7, 11) is -2.08.